The molecule has 1 aliphatic heterocycles. The Kier molecular flexibility index (Phi) is 4.71. The van der Waals surface area contributed by atoms with E-state index in [0.717, 1.165) is 35.2 Å². The second kappa shape index (κ2) is 6.07. The van der Waals surface area contributed by atoms with Gasteiger partial charge in [0.05, 0.1) is 23.1 Å². The van der Waals surface area contributed by atoms with Crippen molar-refractivity contribution in [3.8, 4) is 5.75 Å². The van der Waals surface area contributed by atoms with Crippen molar-refractivity contribution in [1.29, 1.82) is 0 Å². The molecule has 1 aromatic rings. The first kappa shape index (κ1) is 13.2. The van der Waals surface area contributed by atoms with Gasteiger partial charge in [0, 0.05) is 6.61 Å². The summed E-state index contributed by atoms with van der Waals surface area (Å²) in [6.07, 6.45) is 3.51. The van der Waals surface area contributed by atoms with Gasteiger partial charge in [-0.2, -0.15) is 0 Å². The molecule has 0 aliphatic carbocycles. The quantitative estimate of drug-likeness (QED) is 0.773. The van der Waals surface area contributed by atoms with Gasteiger partial charge in [-0.3, -0.25) is 0 Å². The summed E-state index contributed by atoms with van der Waals surface area (Å²) in [6.45, 7) is 0.825. The SMILES string of the molecule is COc1ccc(C(Cl)C2CCCCO2)cc1Br. The van der Waals surface area contributed by atoms with Crippen LogP contribution in [0.15, 0.2) is 22.7 Å². The van der Waals surface area contributed by atoms with Gasteiger partial charge in [-0.15, -0.1) is 11.6 Å². The normalized spacial score (nSPS) is 22.2. The molecule has 0 spiro atoms. The molecule has 0 N–H and O–H groups in total. The molecular weight excluding hydrogens is 303 g/mol. The van der Waals surface area contributed by atoms with E-state index in [4.69, 9.17) is 21.1 Å². The van der Waals surface area contributed by atoms with Crippen LogP contribution in [0.3, 0.4) is 0 Å². The third kappa shape index (κ3) is 3.15. The van der Waals surface area contributed by atoms with Crippen LogP contribution in [0.4, 0.5) is 0 Å². The number of rotatable bonds is 3. The Balaban J connectivity index is 2.12. The summed E-state index contributed by atoms with van der Waals surface area (Å²) in [7, 11) is 1.65. The highest BCUT2D eigenvalue weighted by molar-refractivity contribution is 9.10. The lowest BCUT2D eigenvalue weighted by atomic mass is 10.0. The van der Waals surface area contributed by atoms with E-state index in [1.807, 2.05) is 18.2 Å². The first-order valence-corrected chi connectivity index (χ1v) is 7.04. The maximum absolute atomic E-state index is 6.47. The minimum absolute atomic E-state index is 0.0856. The van der Waals surface area contributed by atoms with Gasteiger partial charge < -0.3 is 9.47 Å². The smallest absolute Gasteiger partial charge is 0.133 e. The van der Waals surface area contributed by atoms with Crippen molar-refractivity contribution in [1.82, 2.24) is 0 Å². The van der Waals surface area contributed by atoms with E-state index in [1.165, 1.54) is 6.42 Å². The van der Waals surface area contributed by atoms with Crippen molar-refractivity contribution >= 4 is 27.5 Å². The van der Waals surface area contributed by atoms with E-state index < -0.39 is 0 Å². The highest BCUT2D eigenvalue weighted by atomic mass is 79.9. The van der Waals surface area contributed by atoms with Crippen molar-refractivity contribution in [3.05, 3.63) is 28.2 Å². The molecule has 0 saturated carbocycles. The Morgan fingerprint density at radius 3 is 2.88 bits per heavy atom. The molecule has 1 aromatic carbocycles. The van der Waals surface area contributed by atoms with Crippen molar-refractivity contribution in [2.75, 3.05) is 13.7 Å². The zero-order valence-corrected chi connectivity index (χ0v) is 12.1. The zero-order chi connectivity index (χ0) is 12.3. The molecule has 94 valence electrons. The summed E-state index contributed by atoms with van der Waals surface area (Å²) in [5.74, 6) is 0.821. The van der Waals surface area contributed by atoms with Gasteiger partial charge in [0.1, 0.15) is 5.75 Å². The Morgan fingerprint density at radius 1 is 1.47 bits per heavy atom. The van der Waals surface area contributed by atoms with Gasteiger partial charge in [-0.25, -0.2) is 0 Å². The van der Waals surface area contributed by atoms with Crippen molar-refractivity contribution < 1.29 is 9.47 Å². The summed E-state index contributed by atoms with van der Waals surface area (Å²) in [5, 5.41) is -0.0856. The average Bonchev–Trinajstić information content (AvgIpc) is 2.39. The van der Waals surface area contributed by atoms with Crippen molar-refractivity contribution in [2.45, 2.75) is 30.7 Å². The van der Waals surface area contributed by atoms with Crippen LogP contribution in [0, 0.1) is 0 Å². The van der Waals surface area contributed by atoms with Gasteiger partial charge in [0.2, 0.25) is 0 Å². The summed E-state index contributed by atoms with van der Waals surface area (Å²) >= 11 is 9.94. The molecule has 2 atom stereocenters. The Labute approximate surface area is 115 Å². The van der Waals surface area contributed by atoms with E-state index in [0.29, 0.717) is 0 Å². The third-order valence-corrected chi connectivity index (χ3v) is 4.19. The molecule has 2 nitrogen and oxygen atoms in total. The molecule has 1 saturated heterocycles. The highest BCUT2D eigenvalue weighted by Gasteiger charge is 2.24. The van der Waals surface area contributed by atoms with E-state index in [-0.39, 0.29) is 11.5 Å². The summed E-state index contributed by atoms with van der Waals surface area (Å²) in [4.78, 5) is 0. The second-order valence-corrected chi connectivity index (χ2v) is 5.53. The molecule has 1 fully saturated rings. The number of hydrogen-bond donors (Lipinski definition) is 0. The predicted molar refractivity (Wildman–Crippen MR) is 72.9 cm³/mol. The van der Waals surface area contributed by atoms with E-state index >= 15 is 0 Å². The van der Waals surface area contributed by atoms with Crippen molar-refractivity contribution in [2.24, 2.45) is 0 Å². The van der Waals surface area contributed by atoms with E-state index in [9.17, 15) is 0 Å². The monoisotopic (exact) mass is 318 g/mol. The lowest BCUT2D eigenvalue weighted by Crippen LogP contribution is -2.23. The number of ether oxygens (including phenoxy) is 2. The van der Waals surface area contributed by atoms with Crippen LogP contribution in [0.2, 0.25) is 0 Å². The fourth-order valence-corrected chi connectivity index (χ4v) is 2.96. The molecule has 0 bridgehead atoms. The fourth-order valence-electron chi connectivity index (χ4n) is 2.07. The second-order valence-electron chi connectivity index (χ2n) is 4.20. The number of alkyl halides is 1. The molecular formula is C13H16BrClO2. The predicted octanol–water partition coefficient (Wildman–Crippen LogP) is 4.31. The van der Waals surface area contributed by atoms with Gasteiger partial charge >= 0.3 is 0 Å². The van der Waals surface area contributed by atoms with Crippen LogP contribution in [0.25, 0.3) is 0 Å². The first-order chi connectivity index (χ1) is 8.22. The molecule has 0 aromatic heterocycles. The fraction of sp³-hybridized carbons (Fsp3) is 0.538. The Morgan fingerprint density at radius 2 is 2.29 bits per heavy atom. The summed E-state index contributed by atoms with van der Waals surface area (Å²) in [6, 6.07) is 5.94. The molecule has 4 heteroatoms. The van der Waals surface area contributed by atoms with Crippen LogP contribution >= 0.6 is 27.5 Å². The minimum Gasteiger partial charge on any atom is -0.496 e. The summed E-state index contributed by atoms with van der Waals surface area (Å²) < 4.78 is 11.8. The number of hydrogen-bond acceptors (Lipinski definition) is 2. The van der Waals surface area contributed by atoms with Crippen LogP contribution in [0.5, 0.6) is 5.75 Å². The first-order valence-electron chi connectivity index (χ1n) is 5.81. The maximum atomic E-state index is 6.47. The van der Waals surface area contributed by atoms with Crippen LogP contribution < -0.4 is 4.74 Å². The maximum Gasteiger partial charge on any atom is 0.133 e. The molecule has 17 heavy (non-hydrogen) atoms. The van der Waals surface area contributed by atoms with Crippen LogP contribution in [0.1, 0.15) is 30.2 Å². The van der Waals surface area contributed by atoms with Gasteiger partial charge in [-0.1, -0.05) is 6.07 Å². The zero-order valence-electron chi connectivity index (χ0n) is 9.79. The standard InChI is InChI=1S/C13H16BrClO2/c1-16-11-6-5-9(8-10(11)14)13(15)12-4-2-3-7-17-12/h5-6,8,12-13H,2-4,7H2,1H3. The molecule has 1 heterocycles. The number of halogens is 2. The molecule has 1 aliphatic rings. The molecule has 0 amide bonds. The van der Waals surface area contributed by atoms with Gasteiger partial charge in [0.15, 0.2) is 0 Å². The largest absolute Gasteiger partial charge is 0.496 e. The van der Waals surface area contributed by atoms with Crippen molar-refractivity contribution in [3.63, 3.8) is 0 Å². The lowest BCUT2D eigenvalue weighted by Gasteiger charge is -2.27. The highest BCUT2D eigenvalue weighted by Crippen LogP contribution is 2.35. The van der Waals surface area contributed by atoms with E-state index in [1.54, 1.807) is 7.11 Å². The topological polar surface area (TPSA) is 18.5 Å². The minimum atomic E-state index is -0.0856. The molecule has 2 rings (SSSR count). The molecule has 2 unspecified atom stereocenters. The van der Waals surface area contributed by atoms with E-state index in [2.05, 4.69) is 15.9 Å². The average molecular weight is 320 g/mol. The Hall–Kier alpha value is -0.250. The number of methoxy groups -OCH3 is 1. The van der Waals surface area contributed by atoms with Crippen LogP contribution in [-0.4, -0.2) is 19.8 Å². The van der Waals surface area contributed by atoms with Crippen LogP contribution in [-0.2, 0) is 4.74 Å². The Bertz CT molecular complexity index is 378. The van der Waals surface area contributed by atoms with Gasteiger partial charge in [-0.05, 0) is 52.9 Å². The molecule has 0 radical (unpaired) electrons. The third-order valence-electron chi connectivity index (χ3n) is 3.04. The number of benzene rings is 1. The van der Waals surface area contributed by atoms with Gasteiger partial charge in [0.25, 0.3) is 0 Å². The lowest BCUT2D eigenvalue weighted by molar-refractivity contribution is 0.0135. The summed E-state index contributed by atoms with van der Waals surface area (Å²) in [5.41, 5.74) is 1.08.